The van der Waals surface area contributed by atoms with Crippen molar-refractivity contribution in [1.82, 2.24) is 0 Å². The van der Waals surface area contributed by atoms with Crippen molar-refractivity contribution in [3.8, 4) is 5.75 Å². The number of ether oxygens (including phenoxy) is 1. The van der Waals surface area contributed by atoms with E-state index < -0.39 is 0 Å². The van der Waals surface area contributed by atoms with Crippen LogP contribution in [0.2, 0.25) is 0 Å². The molecule has 0 bridgehead atoms. The number of thiocarbonyl (C=S) groups is 1. The summed E-state index contributed by atoms with van der Waals surface area (Å²) in [7, 11) is 1.61. The van der Waals surface area contributed by atoms with Crippen molar-refractivity contribution in [2.45, 2.75) is 0 Å². The molecule has 0 radical (unpaired) electrons. The Balaban J connectivity index is 1.78. The van der Waals surface area contributed by atoms with Crippen LogP contribution in [0.1, 0.15) is 5.56 Å². The second-order valence-electron chi connectivity index (χ2n) is 5.01. The molecule has 1 fully saturated rings. The van der Waals surface area contributed by atoms with E-state index in [0.29, 0.717) is 9.23 Å². The van der Waals surface area contributed by atoms with Gasteiger partial charge in [-0.1, -0.05) is 66.5 Å². The molecular weight excluding hydrogens is 338 g/mol. The Morgan fingerprint density at radius 1 is 1.08 bits per heavy atom. The van der Waals surface area contributed by atoms with Gasteiger partial charge < -0.3 is 4.74 Å². The van der Waals surface area contributed by atoms with Gasteiger partial charge in [-0.05, 0) is 35.9 Å². The Morgan fingerprint density at radius 3 is 2.46 bits per heavy atom. The maximum Gasteiger partial charge on any atom is 0.270 e. The monoisotopic (exact) mass is 353 g/mol. The normalized spacial score (nSPS) is 16.4. The SMILES string of the molecule is COc1ccc(N2C(=O)/C(=C\C=C\c3ccccc3)SC2=S)cc1. The lowest BCUT2D eigenvalue weighted by Crippen LogP contribution is -2.27. The Hall–Kier alpha value is -2.37. The fourth-order valence-corrected chi connectivity index (χ4v) is 3.50. The van der Waals surface area contributed by atoms with Gasteiger partial charge in [-0.15, -0.1) is 0 Å². The molecule has 5 heteroatoms. The number of carbonyl (C=O) groups excluding carboxylic acids is 1. The smallest absolute Gasteiger partial charge is 0.270 e. The molecule has 0 unspecified atom stereocenters. The second kappa shape index (κ2) is 7.47. The summed E-state index contributed by atoms with van der Waals surface area (Å²) < 4.78 is 5.67. The topological polar surface area (TPSA) is 29.5 Å². The molecule has 0 N–H and O–H groups in total. The predicted octanol–water partition coefficient (Wildman–Crippen LogP) is 4.66. The number of hydrogen-bond donors (Lipinski definition) is 0. The van der Waals surface area contributed by atoms with Gasteiger partial charge in [0.15, 0.2) is 4.32 Å². The minimum Gasteiger partial charge on any atom is -0.497 e. The highest BCUT2D eigenvalue weighted by atomic mass is 32.2. The first kappa shape index (κ1) is 16.5. The number of benzene rings is 2. The quantitative estimate of drug-likeness (QED) is 0.591. The van der Waals surface area contributed by atoms with Crippen molar-refractivity contribution in [1.29, 1.82) is 0 Å². The highest BCUT2D eigenvalue weighted by Gasteiger charge is 2.32. The maximum atomic E-state index is 12.6. The molecule has 1 aliphatic heterocycles. The molecule has 24 heavy (non-hydrogen) atoms. The van der Waals surface area contributed by atoms with E-state index in [1.807, 2.05) is 66.7 Å². The van der Waals surface area contributed by atoms with E-state index in [0.717, 1.165) is 17.0 Å². The molecule has 0 aromatic heterocycles. The number of hydrogen-bond acceptors (Lipinski definition) is 4. The van der Waals surface area contributed by atoms with Crippen LogP contribution in [0.4, 0.5) is 5.69 Å². The van der Waals surface area contributed by atoms with Crippen LogP contribution >= 0.6 is 24.0 Å². The Labute approximate surface area is 150 Å². The summed E-state index contributed by atoms with van der Waals surface area (Å²) in [6, 6.07) is 17.2. The van der Waals surface area contributed by atoms with Gasteiger partial charge in [0.25, 0.3) is 5.91 Å². The zero-order chi connectivity index (χ0) is 16.9. The van der Waals surface area contributed by atoms with Crippen LogP contribution < -0.4 is 9.64 Å². The highest BCUT2D eigenvalue weighted by molar-refractivity contribution is 8.27. The Bertz CT molecular complexity index is 811. The Kier molecular flexibility index (Phi) is 5.13. The number of thioether (sulfide) groups is 1. The third-order valence-corrected chi connectivity index (χ3v) is 4.78. The summed E-state index contributed by atoms with van der Waals surface area (Å²) in [6.45, 7) is 0. The average molecular weight is 353 g/mol. The van der Waals surface area contributed by atoms with Crippen molar-refractivity contribution < 1.29 is 9.53 Å². The molecule has 120 valence electrons. The number of methoxy groups -OCH3 is 1. The van der Waals surface area contributed by atoms with Crippen LogP contribution in [-0.2, 0) is 4.79 Å². The van der Waals surface area contributed by atoms with Gasteiger partial charge in [0.05, 0.1) is 17.7 Å². The van der Waals surface area contributed by atoms with E-state index in [9.17, 15) is 4.79 Å². The van der Waals surface area contributed by atoms with Gasteiger partial charge in [-0.3, -0.25) is 9.69 Å². The van der Waals surface area contributed by atoms with Gasteiger partial charge in [-0.25, -0.2) is 0 Å². The summed E-state index contributed by atoms with van der Waals surface area (Å²) in [5, 5.41) is 0. The molecule has 0 aliphatic carbocycles. The maximum absolute atomic E-state index is 12.6. The van der Waals surface area contributed by atoms with E-state index in [4.69, 9.17) is 17.0 Å². The van der Waals surface area contributed by atoms with Crippen LogP contribution in [-0.4, -0.2) is 17.3 Å². The standard InChI is InChI=1S/C19H15NO2S2/c1-22-16-12-10-15(11-13-16)20-18(21)17(24-19(20)23)9-5-8-14-6-3-2-4-7-14/h2-13H,1H3/b8-5+,17-9+. The first-order chi connectivity index (χ1) is 11.7. The molecular formula is C19H15NO2S2. The van der Waals surface area contributed by atoms with Gasteiger partial charge >= 0.3 is 0 Å². The molecule has 0 atom stereocenters. The van der Waals surface area contributed by atoms with Crippen LogP contribution in [0, 0.1) is 0 Å². The molecule has 2 aromatic carbocycles. The second-order valence-corrected chi connectivity index (χ2v) is 6.68. The van der Waals surface area contributed by atoms with Crippen LogP contribution in [0.5, 0.6) is 5.75 Å². The summed E-state index contributed by atoms with van der Waals surface area (Å²) in [4.78, 5) is 14.8. The zero-order valence-electron chi connectivity index (χ0n) is 13.0. The van der Waals surface area contributed by atoms with E-state index >= 15 is 0 Å². The first-order valence-corrected chi connectivity index (χ1v) is 8.55. The Morgan fingerprint density at radius 2 is 1.79 bits per heavy atom. The van der Waals surface area contributed by atoms with Crippen molar-refractivity contribution >= 4 is 46.0 Å². The van der Waals surface area contributed by atoms with E-state index in [1.54, 1.807) is 18.1 Å². The van der Waals surface area contributed by atoms with Crippen molar-refractivity contribution in [3.63, 3.8) is 0 Å². The van der Waals surface area contributed by atoms with Gasteiger partial charge in [-0.2, -0.15) is 0 Å². The predicted molar refractivity (Wildman–Crippen MR) is 104 cm³/mol. The molecule has 3 nitrogen and oxygen atoms in total. The number of amides is 1. The summed E-state index contributed by atoms with van der Waals surface area (Å²) >= 11 is 6.66. The lowest BCUT2D eigenvalue weighted by atomic mass is 10.2. The van der Waals surface area contributed by atoms with E-state index in [-0.39, 0.29) is 5.91 Å². The van der Waals surface area contributed by atoms with E-state index in [1.165, 1.54) is 11.8 Å². The third kappa shape index (κ3) is 3.58. The lowest BCUT2D eigenvalue weighted by molar-refractivity contribution is -0.113. The minimum atomic E-state index is -0.104. The van der Waals surface area contributed by atoms with Crippen LogP contribution in [0.3, 0.4) is 0 Å². The van der Waals surface area contributed by atoms with Gasteiger partial charge in [0.1, 0.15) is 5.75 Å². The molecule has 0 saturated carbocycles. The van der Waals surface area contributed by atoms with Gasteiger partial charge in [0, 0.05) is 0 Å². The fourth-order valence-electron chi connectivity index (χ4n) is 2.25. The number of allylic oxidation sites excluding steroid dienone is 2. The highest BCUT2D eigenvalue weighted by Crippen LogP contribution is 2.35. The summed E-state index contributed by atoms with van der Waals surface area (Å²) in [5.41, 5.74) is 1.83. The van der Waals surface area contributed by atoms with Crippen molar-refractivity contribution in [2.75, 3.05) is 12.0 Å². The molecule has 1 amide bonds. The molecule has 1 heterocycles. The fraction of sp³-hybridized carbons (Fsp3) is 0.0526. The summed E-state index contributed by atoms with van der Waals surface area (Å²) in [5.74, 6) is 0.637. The first-order valence-electron chi connectivity index (χ1n) is 7.33. The minimum absolute atomic E-state index is 0.104. The van der Waals surface area contributed by atoms with Crippen molar-refractivity contribution in [3.05, 3.63) is 77.2 Å². The third-order valence-electron chi connectivity index (χ3n) is 3.46. The molecule has 2 aromatic rings. The average Bonchev–Trinajstić information content (AvgIpc) is 2.90. The molecule has 3 rings (SSSR count). The zero-order valence-corrected chi connectivity index (χ0v) is 14.6. The molecule has 0 spiro atoms. The van der Waals surface area contributed by atoms with Crippen LogP contribution in [0.25, 0.3) is 6.08 Å². The van der Waals surface area contributed by atoms with Crippen molar-refractivity contribution in [2.24, 2.45) is 0 Å². The lowest BCUT2D eigenvalue weighted by Gasteiger charge is -2.14. The van der Waals surface area contributed by atoms with E-state index in [2.05, 4.69) is 0 Å². The largest absolute Gasteiger partial charge is 0.497 e. The molecule has 1 aliphatic rings. The van der Waals surface area contributed by atoms with Gasteiger partial charge in [0.2, 0.25) is 0 Å². The number of anilines is 1. The number of rotatable bonds is 4. The van der Waals surface area contributed by atoms with Crippen LogP contribution in [0.15, 0.2) is 71.7 Å². The molecule has 1 saturated heterocycles. The number of carbonyl (C=O) groups is 1. The number of nitrogens with zero attached hydrogens (tertiary/aromatic N) is 1. The summed E-state index contributed by atoms with van der Waals surface area (Å²) in [6.07, 6.45) is 5.63.